The van der Waals surface area contributed by atoms with Crippen LogP contribution in [0.3, 0.4) is 0 Å². The molecular weight excluding hydrogens is 244 g/mol. The summed E-state index contributed by atoms with van der Waals surface area (Å²) in [5.41, 5.74) is 0. The minimum Gasteiger partial charge on any atom is -0.481 e. The van der Waals surface area contributed by atoms with Gasteiger partial charge in [0, 0.05) is 0 Å². The third kappa shape index (κ3) is 5.31. The number of carbonyl (C=O) groups is 2. The van der Waals surface area contributed by atoms with Crippen LogP contribution in [0.25, 0.3) is 0 Å². The summed E-state index contributed by atoms with van der Waals surface area (Å²) in [7, 11) is 0. The first-order valence-corrected chi connectivity index (χ1v) is 6.72. The fraction of sp³-hybridized carbons (Fsp3) is 0.714. The number of carbonyl (C=O) groups excluding carboxylic acids is 1. The van der Waals surface area contributed by atoms with E-state index in [2.05, 4.69) is 16.6 Å². The normalized spacial score (nSPS) is 24.2. The second kappa shape index (κ2) is 7.80. The lowest BCUT2D eigenvalue weighted by Gasteiger charge is -2.27. The summed E-state index contributed by atoms with van der Waals surface area (Å²) in [6.07, 6.45) is 8.35. The summed E-state index contributed by atoms with van der Waals surface area (Å²) in [6, 6.07) is -0.273. The monoisotopic (exact) mass is 266 g/mol. The highest BCUT2D eigenvalue weighted by Crippen LogP contribution is 2.28. The standard InChI is InChI=1S/C14H22N2O3/c1-3-8-15-13(17)10(2)16-9-11-4-6-12(7-5-11)14(18)19/h1,10-12,16H,4-9H2,2H3,(H,15,17)(H,18,19). The van der Waals surface area contributed by atoms with Gasteiger partial charge in [-0.15, -0.1) is 6.42 Å². The zero-order valence-electron chi connectivity index (χ0n) is 11.3. The number of nitrogens with one attached hydrogen (secondary N) is 2. The molecule has 1 amide bonds. The van der Waals surface area contributed by atoms with Crippen molar-refractivity contribution < 1.29 is 14.7 Å². The van der Waals surface area contributed by atoms with E-state index in [4.69, 9.17) is 11.5 Å². The number of carboxylic acid groups (broad SMARTS) is 1. The zero-order valence-corrected chi connectivity index (χ0v) is 11.3. The molecule has 1 aliphatic carbocycles. The van der Waals surface area contributed by atoms with Gasteiger partial charge in [-0.25, -0.2) is 0 Å². The van der Waals surface area contributed by atoms with Gasteiger partial charge in [-0.05, 0) is 45.1 Å². The largest absolute Gasteiger partial charge is 0.481 e. The second-order valence-electron chi connectivity index (χ2n) is 5.11. The van der Waals surface area contributed by atoms with Crippen LogP contribution in [0.4, 0.5) is 0 Å². The van der Waals surface area contributed by atoms with Crippen LogP contribution in [-0.4, -0.2) is 36.1 Å². The van der Waals surface area contributed by atoms with Crippen molar-refractivity contribution in [1.29, 1.82) is 0 Å². The predicted octanol–water partition coefficient (Wildman–Crippen LogP) is 0.605. The molecule has 0 saturated heterocycles. The molecule has 0 radical (unpaired) electrons. The van der Waals surface area contributed by atoms with Crippen LogP contribution in [0, 0.1) is 24.2 Å². The SMILES string of the molecule is C#CCNC(=O)C(C)NCC1CCC(C(=O)O)CC1. The van der Waals surface area contributed by atoms with Gasteiger partial charge in [-0.1, -0.05) is 5.92 Å². The zero-order chi connectivity index (χ0) is 14.3. The minimum absolute atomic E-state index is 0.0998. The van der Waals surface area contributed by atoms with Gasteiger partial charge >= 0.3 is 5.97 Å². The fourth-order valence-corrected chi connectivity index (χ4v) is 2.34. The average molecular weight is 266 g/mol. The van der Waals surface area contributed by atoms with Gasteiger partial charge in [0.05, 0.1) is 18.5 Å². The molecule has 1 atom stereocenters. The molecule has 0 aromatic rings. The highest BCUT2D eigenvalue weighted by atomic mass is 16.4. The van der Waals surface area contributed by atoms with E-state index in [1.54, 1.807) is 6.92 Å². The molecule has 0 heterocycles. The highest BCUT2D eigenvalue weighted by molar-refractivity contribution is 5.81. The number of aliphatic carboxylic acids is 1. The summed E-state index contributed by atoms with van der Waals surface area (Å²) in [5, 5.41) is 14.7. The summed E-state index contributed by atoms with van der Waals surface area (Å²) < 4.78 is 0. The summed E-state index contributed by atoms with van der Waals surface area (Å²) in [4.78, 5) is 22.4. The predicted molar refractivity (Wildman–Crippen MR) is 72.4 cm³/mol. The fourth-order valence-electron chi connectivity index (χ4n) is 2.34. The van der Waals surface area contributed by atoms with Gasteiger partial charge in [-0.3, -0.25) is 9.59 Å². The maximum Gasteiger partial charge on any atom is 0.306 e. The Morgan fingerprint density at radius 1 is 1.37 bits per heavy atom. The van der Waals surface area contributed by atoms with E-state index in [1.165, 1.54) is 0 Å². The number of hydrogen-bond donors (Lipinski definition) is 3. The third-order valence-corrected chi connectivity index (χ3v) is 3.67. The van der Waals surface area contributed by atoms with Crippen LogP contribution in [0.5, 0.6) is 0 Å². The molecule has 1 unspecified atom stereocenters. The second-order valence-corrected chi connectivity index (χ2v) is 5.11. The number of amides is 1. The average Bonchev–Trinajstić information content (AvgIpc) is 2.42. The van der Waals surface area contributed by atoms with E-state index in [9.17, 15) is 9.59 Å². The summed E-state index contributed by atoms with van der Waals surface area (Å²) in [5.74, 6) is 1.84. The summed E-state index contributed by atoms with van der Waals surface area (Å²) >= 11 is 0. The van der Waals surface area contributed by atoms with Gasteiger partial charge in [0.2, 0.25) is 5.91 Å². The third-order valence-electron chi connectivity index (χ3n) is 3.67. The first kappa shape index (κ1) is 15.5. The topological polar surface area (TPSA) is 78.4 Å². The number of terminal acetylenes is 1. The number of hydrogen-bond acceptors (Lipinski definition) is 3. The maximum atomic E-state index is 11.6. The van der Waals surface area contributed by atoms with Crippen LogP contribution < -0.4 is 10.6 Å². The quantitative estimate of drug-likeness (QED) is 0.615. The first-order valence-electron chi connectivity index (χ1n) is 6.72. The van der Waals surface area contributed by atoms with Crippen molar-refractivity contribution in [2.24, 2.45) is 11.8 Å². The van der Waals surface area contributed by atoms with E-state index in [0.29, 0.717) is 5.92 Å². The molecule has 5 nitrogen and oxygen atoms in total. The molecular formula is C14H22N2O3. The van der Waals surface area contributed by atoms with Crippen molar-refractivity contribution in [3.8, 4) is 12.3 Å². The Bertz CT molecular complexity index is 354. The van der Waals surface area contributed by atoms with Crippen molar-refractivity contribution >= 4 is 11.9 Å². The molecule has 1 rings (SSSR count). The van der Waals surface area contributed by atoms with Crippen molar-refractivity contribution in [3.05, 3.63) is 0 Å². The van der Waals surface area contributed by atoms with Gasteiger partial charge in [0.15, 0.2) is 0 Å². The molecule has 1 fully saturated rings. The molecule has 0 aromatic heterocycles. The molecule has 1 aliphatic rings. The Labute approximate surface area is 114 Å². The Balaban J connectivity index is 2.21. The number of rotatable bonds is 6. The molecule has 1 saturated carbocycles. The molecule has 0 spiro atoms. The maximum absolute atomic E-state index is 11.6. The van der Waals surface area contributed by atoms with E-state index >= 15 is 0 Å². The minimum atomic E-state index is -0.687. The van der Waals surface area contributed by atoms with Gasteiger partial charge in [-0.2, -0.15) is 0 Å². The molecule has 3 N–H and O–H groups in total. The molecule has 19 heavy (non-hydrogen) atoms. The van der Waals surface area contributed by atoms with E-state index in [-0.39, 0.29) is 24.4 Å². The van der Waals surface area contributed by atoms with E-state index in [1.807, 2.05) is 0 Å². The number of carboxylic acids is 1. The van der Waals surface area contributed by atoms with Crippen molar-refractivity contribution in [2.45, 2.75) is 38.6 Å². The van der Waals surface area contributed by atoms with Crippen molar-refractivity contribution in [3.63, 3.8) is 0 Å². The molecule has 5 heteroatoms. The Kier molecular flexibility index (Phi) is 6.37. The smallest absolute Gasteiger partial charge is 0.306 e. The first-order chi connectivity index (χ1) is 9.04. The molecule has 0 aliphatic heterocycles. The Morgan fingerprint density at radius 3 is 2.53 bits per heavy atom. The van der Waals surface area contributed by atoms with Crippen LogP contribution in [-0.2, 0) is 9.59 Å². The lowest BCUT2D eigenvalue weighted by atomic mass is 9.82. The van der Waals surface area contributed by atoms with E-state index in [0.717, 1.165) is 32.2 Å². The van der Waals surface area contributed by atoms with Gasteiger partial charge in [0.25, 0.3) is 0 Å². The lowest BCUT2D eigenvalue weighted by molar-refractivity contribution is -0.143. The molecule has 0 bridgehead atoms. The lowest BCUT2D eigenvalue weighted by Crippen LogP contribution is -2.44. The Morgan fingerprint density at radius 2 is 2.00 bits per heavy atom. The van der Waals surface area contributed by atoms with Gasteiger partial charge < -0.3 is 15.7 Å². The van der Waals surface area contributed by atoms with Crippen LogP contribution in [0.2, 0.25) is 0 Å². The summed E-state index contributed by atoms with van der Waals surface area (Å²) in [6.45, 7) is 2.79. The van der Waals surface area contributed by atoms with Crippen molar-refractivity contribution in [2.75, 3.05) is 13.1 Å². The van der Waals surface area contributed by atoms with E-state index < -0.39 is 5.97 Å². The molecule has 106 valence electrons. The van der Waals surface area contributed by atoms with Gasteiger partial charge in [0.1, 0.15) is 0 Å². The van der Waals surface area contributed by atoms with Crippen molar-refractivity contribution in [1.82, 2.24) is 10.6 Å². The highest BCUT2D eigenvalue weighted by Gasteiger charge is 2.26. The van der Waals surface area contributed by atoms with Crippen LogP contribution >= 0.6 is 0 Å². The van der Waals surface area contributed by atoms with Crippen LogP contribution in [0.15, 0.2) is 0 Å². The Hall–Kier alpha value is -1.54. The van der Waals surface area contributed by atoms with Crippen LogP contribution in [0.1, 0.15) is 32.6 Å². The molecule has 0 aromatic carbocycles.